The molecule has 1 rings (SSSR count). The lowest BCUT2D eigenvalue weighted by Gasteiger charge is -2.14. The van der Waals surface area contributed by atoms with E-state index in [-0.39, 0.29) is 6.42 Å². The zero-order chi connectivity index (χ0) is 13.9. The van der Waals surface area contributed by atoms with E-state index in [1.165, 1.54) is 0 Å². The average Bonchev–Trinajstić information content (AvgIpc) is 2.53. The monoisotopic (exact) mass is 283 g/mol. The van der Waals surface area contributed by atoms with Gasteiger partial charge in [-0.05, 0) is 20.3 Å². The number of hydrogen-bond donors (Lipinski definition) is 1. The first-order chi connectivity index (χ1) is 8.24. The largest absolute Gasteiger partial charge is 0.389 e. The van der Waals surface area contributed by atoms with Crippen molar-refractivity contribution in [3.63, 3.8) is 0 Å². The predicted molar refractivity (Wildman–Crippen MR) is 64.6 cm³/mol. The van der Waals surface area contributed by atoms with Gasteiger partial charge in [-0.15, -0.1) is 0 Å². The number of nitrogens with zero attached hydrogens (tertiary/aromatic N) is 2. The maximum atomic E-state index is 12.1. The molecule has 18 heavy (non-hydrogen) atoms. The highest BCUT2D eigenvalue weighted by atomic mass is 35.5. The minimum atomic E-state index is -4.16. The first-order valence-electron chi connectivity index (χ1n) is 5.78. The standard InChI is InChI=1S/C11H17ClF3N3/c1-3-18-9(10(12)7(2)17-18)6-8(16)4-5-11(13,14)15/h8H,3-6,16H2,1-2H3. The lowest BCUT2D eigenvalue weighted by Crippen LogP contribution is -2.26. The molecule has 1 atom stereocenters. The second kappa shape index (κ2) is 5.93. The van der Waals surface area contributed by atoms with Gasteiger partial charge in [0.05, 0.1) is 16.4 Å². The van der Waals surface area contributed by atoms with Gasteiger partial charge in [0.1, 0.15) is 0 Å². The van der Waals surface area contributed by atoms with Crippen LogP contribution in [0.4, 0.5) is 13.2 Å². The van der Waals surface area contributed by atoms with Gasteiger partial charge in [-0.25, -0.2) is 0 Å². The summed E-state index contributed by atoms with van der Waals surface area (Å²) in [5, 5.41) is 4.70. The van der Waals surface area contributed by atoms with Crippen LogP contribution in [0.2, 0.25) is 5.02 Å². The average molecular weight is 284 g/mol. The molecule has 0 fully saturated rings. The van der Waals surface area contributed by atoms with Gasteiger partial charge in [-0.2, -0.15) is 18.3 Å². The van der Waals surface area contributed by atoms with Gasteiger partial charge in [0.25, 0.3) is 0 Å². The number of aryl methyl sites for hydroxylation is 2. The summed E-state index contributed by atoms with van der Waals surface area (Å²) in [6.07, 6.45) is -4.83. The number of aromatic nitrogens is 2. The van der Waals surface area contributed by atoms with Gasteiger partial charge < -0.3 is 5.73 Å². The molecule has 0 aliphatic heterocycles. The van der Waals surface area contributed by atoms with Crippen LogP contribution in [0.3, 0.4) is 0 Å². The molecular formula is C11H17ClF3N3. The quantitative estimate of drug-likeness (QED) is 0.902. The molecule has 104 valence electrons. The molecule has 0 saturated heterocycles. The Morgan fingerprint density at radius 3 is 2.56 bits per heavy atom. The van der Waals surface area contributed by atoms with E-state index in [1.807, 2.05) is 6.92 Å². The van der Waals surface area contributed by atoms with Crippen molar-refractivity contribution in [2.45, 2.75) is 51.9 Å². The zero-order valence-electron chi connectivity index (χ0n) is 10.4. The molecule has 0 spiro atoms. The van der Waals surface area contributed by atoms with Crippen molar-refractivity contribution < 1.29 is 13.2 Å². The van der Waals surface area contributed by atoms with Crippen LogP contribution in [-0.4, -0.2) is 22.0 Å². The maximum Gasteiger partial charge on any atom is 0.389 e. The maximum absolute atomic E-state index is 12.1. The first kappa shape index (κ1) is 15.3. The van der Waals surface area contributed by atoms with Crippen LogP contribution in [0.5, 0.6) is 0 Å². The summed E-state index contributed by atoms with van der Waals surface area (Å²) in [5.41, 5.74) is 7.11. The molecule has 0 radical (unpaired) electrons. The third kappa shape index (κ3) is 4.17. The van der Waals surface area contributed by atoms with Crippen LogP contribution in [0.1, 0.15) is 31.2 Å². The van der Waals surface area contributed by atoms with Gasteiger partial charge in [-0.1, -0.05) is 11.6 Å². The van der Waals surface area contributed by atoms with Crippen LogP contribution < -0.4 is 5.73 Å². The third-order valence-electron chi connectivity index (χ3n) is 2.71. The van der Waals surface area contributed by atoms with Crippen LogP contribution in [0, 0.1) is 6.92 Å². The molecule has 0 saturated carbocycles. The summed E-state index contributed by atoms with van der Waals surface area (Å²) in [7, 11) is 0. The minimum Gasteiger partial charge on any atom is -0.327 e. The van der Waals surface area contributed by atoms with E-state index in [2.05, 4.69) is 5.10 Å². The van der Waals surface area contributed by atoms with Crippen molar-refractivity contribution in [1.82, 2.24) is 9.78 Å². The van der Waals surface area contributed by atoms with E-state index in [0.29, 0.717) is 29.4 Å². The summed E-state index contributed by atoms with van der Waals surface area (Å²) < 4.78 is 37.9. The van der Waals surface area contributed by atoms with E-state index < -0.39 is 18.6 Å². The summed E-state index contributed by atoms with van der Waals surface area (Å²) in [5.74, 6) is 0. The van der Waals surface area contributed by atoms with E-state index in [4.69, 9.17) is 17.3 Å². The molecule has 3 nitrogen and oxygen atoms in total. The van der Waals surface area contributed by atoms with E-state index >= 15 is 0 Å². The number of rotatable bonds is 5. The molecule has 1 unspecified atom stereocenters. The Bertz CT molecular complexity index is 401. The Kier molecular flexibility index (Phi) is 5.04. The summed E-state index contributed by atoms with van der Waals surface area (Å²) in [4.78, 5) is 0. The Morgan fingerprint density at radius 1 is 1.44 bits per heavy atom. The Morgan fingerprint density at radius 2 is 2.06 bits per heavy atom. The number of nitrogens with two attached hydrogens (primary N) is 1. The Balaban J connectivity index is 2.67. The fraction of sp³-hybridized carbons (Fsp3) is 0.727. The van der Waals surface area contributed by atoms with E-state index in [0.717, 1.165) is 0 Å². The van der Waals surface area contributed by atoms with Crippen LogP contribution in [0.15, 0.2) is 0 Å². The normalized spacial score (nSPS) is 13.9. The summed E-state index contributed by atoms with van der Waals surface area (Å²) in [6.45, 7) is 4.28. The molecule has 0 aromatic carbocycles. The van der Waals surface area contributed by atoms with Crippen molar-refractivity contribution in [2.75, 3.05) is 0 Å². The highest BCUT2D eigenvalue weighted by molar-refractivity contribution is 6.31. The smallest absolute Gasteiger partial charge is 0.327 e. The van der Waals surface area contributed by atoms with Crippen molar-refractivity contribution in [3.05, 3.63) is 16.4 Å². The molecule has 0 aliphatic carbocycles. The summed E-state index contributed by atoms with van der Waals surface area (Å²) in [6, 6.07) is -0.564. The van der Waals surface area contributed by atoms with Gasteiger partial charge >= 0.3 is 6.18 Å². The predicted octanol–water partition coefficient (Wildman–Crippen LogP) is 3.08. The minimum absolute atomic E-state index is 0.103. The van der Waals surface area contributed by atoms with Gasteiger partial charge in [0.15, 0.2) is 0 Å². The van der Waals surface area contributed by atoms with Gasteiger partial charge in [0.2, 0.25) is 0 Å². The van der Waals surface area contributed by atoms with Gasteiger partial charge in [0, 0.05) is 25.4 Å². The molecule has 0 bridgehead atoms. The van der Waals surface area contributed by atoms with Gasteiger partial charge in [-0.3, -0.25) is 4.68 Å². The zero-order valence-corrected chi connectivity index (χ0v) is 11.1. The van der Waals surface area contributed by atoms with Crippen molar-refractivity contribution in [3.8, 4) is 0 Å². The fourth-order valence-electron chi connectivity index (χ4n) is 1.76. The Labute approximate surface area is 109 Å². The fourth-order valence-corrected chi connectivity index (χ4v) is 1.98. The SMILES string of the molecule is CCn1nc(C)c(Cl)c1CC(N)CCC(F)(F)F. The van der Waals surface area contributed by atoms with Crippen molar-refractivity contribution in [1.29, 1.82) is 0 Å². The molecule has 7 heteroatoms. The van der Waals surface area contributed by atoms with Crippen LogP contribution >= 0.6 is 11.6 Å². The molecular weight excluding hydrogens is 267 g/mol. The summed E-state index contributed by atoms with van der Waals surface area (Å²) >= 11 is 6.07. The third-order valence-corrected chi connectivity index (χ3v) is 3.20. The molecule has 0 aliphatic rings. The number of alkyl halides is 3. The molecule has 1 aromatic rings. The highest BCUT2D eigenvalue weighted by Gasteiger charge is 2.28. The topological polar surface area (TPSA) is 43.8 Å². The first-order valence-corrected chi connectivity index (χ1v) is 6.16. The molecule has 1 aromatic heterocycles. The van der Waals surface area contributed by atoms with E-state index in [1.54, 1.807) is 11.6 Å². The van der Waals surface area contributed by atoms with Crippen molar-refractivity contribution in [2.24, 2.45) is 5.73 Å². The van der Waals surface area contributed by atoms with Crippen LogP contribution in [0.25, 0.3) is 0 Å². The lowest BCUT2D eigenvalue weighted by atomic mass is 10.1. The second-order valence-electron chi connectivity index (χ2n) is 4.28. The molecule has 2 N–H and O–H groups in total. The number of hydrogen-bond acceptors (Lipinski definition) is 2. The van der Waals surface area contributed by atoms with Crippen molar-refractivity contribution >= 4 is 11.6 Å². The number of halogens is 4. The van der Waals surface area contributed by atoms with Crippen LogP contribution in [-0.2, 0) is 13.0 Å². The molecule has 1 heterocycles. The lowest BCUT2D eigenvalue weighted by molar-refractivity contribution is -0.136. The van der Waals surface area contributed by atoms with E-state index in [9.17, 15) is 13.2 Å². The second-order valence-corrected chi connectivity index (χ2v) is 4.66. The molecule has 0 amide bonds. The Hall–Kier alpha value is -0.750. The highest BCUT2D eigenvalue weighted by Crippen LogP contribution is 2.25.